The number of amides is 2. The number of carbonyl (C=O) groups excluding carboxylic acids is 3. The monoisotopic (exact) mass is 466 g/mol. The molecule has 3 N–H and O–H groups in total. The van der Waals surface area contributed by atoms with E-state index in [1.165, 1.54) is 13.2 Å². The zero-order valence-corrected chi connectivity index (χ0v) is 19.8. The van der Waals surface area contributed by atoms with Crippen LogP contribution in [0.25, 0.3) is 0 Å². The number of nitrogens with one attached hydrogen (secondary N) is 1. The molecule has 0 spiro atoms. The van der Waals surface area contributed by atoms with Gasteiger partial charge in [0, 0.05) is 49.7 Å². The molecule has 0 atom stereocenters. The van der Waals surface area contributed by atoms with Gasteiger partial charge < -0.3 is 20.7 Å². The molecule has 1 fully saturated rings. The van der Waals surface area contributed by atoms with Crippen LogP contribution >= 0.6 is 0 Å². The number of anilines is 1. The van der Waals surface area contributed by atoms with Crippen molar-refractivity contribution in [2.24, 2.45) is 5.92 Å². The summed E-state index contributed by atoms with van der Waals surface area (Å²) in [5.41, 5.74) is 8.01. The van der Waals surface area contributed by atoms with Crippen molar-refractivity contribution < 1.29 is 19.1 Å². The number of nitrogens with two attached hydrogens (primary N) is 1. The average Bonchev–Trinajstić information content (AvgIpc) is 2.87. The summed E-state index contributed by atoms with van der Waals surface area (Å²) in [5, 5.41) is 3.00. The van der Waals surface area contributed by atoms with Crippen LogP contribution in [0, 0.1) is 5.92 Å². The van der Waals surface area contributed by atoms with Crippen LogP contribution in [0.4, 0.5) is 5.69 Å². The Balaban J connectivity index is 1.32. The number of methoxy groups -OCH3 is 1. The van der Waals surface area contributed by atoms with E-state index in [0.717, 1.165) is 37.7 Å². The zero-order valence-electron chi connectivity index (χ0n) is 19.8. The minimum atomic E-state index is -0.509. The first-order chi connectivity index (χ1) is 16.5. The maximum atomic E-state index is 12.9. The van der Waals surface area contributed by atoms with Gasteiger partial charge in [0.2, 0.25) is 5.91 Å². The van der Waals surface area contributed by atoms with E-state index in [0.29, 0.717) is 49.6 Å². The number of esters is 1. The van der Waals surface area contributed by atoms with Gasteiger partial charge in [-0.2, -0.15) is 0 Å². The number of ether oxygens (including phenoxy) is 1. The Morgan fingerprint density at radius 3 is 2.62 bits per heavy atom. The van der Waals surface area contributed by atoms with Crippen LogP contribution in [0.2, 0.25) is 0 Å². The van der Waals surface area contributed by atoms with E-state index in [-0.39, 0.29) is 17.4 Å². The Kier molecular flexibility index (Phi) is 9.43. The molecule has 8 heteroatoms. The first kappa shape index (κ1) is 25.2. The molecule has 0 radical (unpaired) electrons. The first-order valence-electron chi connectivity index (χ1n) is 11.9. The van der Waals surface area contributed by atoms with Crippen LogP contribution in [0.15, 0.2) is 42.7 Å². The second-order valence-electron chi connectivity index (χ2n) is 8.78. The van der Waals surface area contributed by atoms with Crippen molar-refractivity contribution >= 4 is 23.5 Å². The third-order valence-corrected chi connectivity index (χ3v) is 6.25. The number of rotatable bonds is 10. The Hall–Kier alpha value is -3.42. The van der Waals surface area contributed by atoms with Crippen LogP contribution in [-0.2, 0) is 16.0 Å². The lowest BCUT2D eigenvalue weighted by Gasteiger charge is -2.32. The molecule has 3 rings (SSSR count). The number of hydrogen-bond donors (Lipinski definition) is 2. The van der Waals surface area contributed by atoms with Crippen molar-refractivity contribution in [2.75, 3.05) is 32.5 Å². The highest BCUT2D eigenvalue weighted by Gasteiger charge is 2.24. The number of aryl methyl sites for hydroxylation is 1. The van der Waals surface area contributed by atoms with Crippen LogP contribution in [0.1, 0.15) is 64.8 Å². The van der Waals surface area contributed by atoms with E-state index < -0.39 is 5.97 Å². The number of pyridine rings is 1. The summed E-state index contributed by atoms with van der Waals surface area (Å²) >= 11 is 0. The molecule has 182 valence electrons. The minimum absolute atomic E-state index is 0.0765. The molecule has 2 amide bonds. The molecule has 0 bridgehead atoms. The Labute approximate surface area is 200 Å². The van der Waals surface area contributed by atoms with Crippen molar-refractivity contribution in [1.29, 1.82) is 0 Å². The van der Waals surface area contributed by atoms with Crippen LogP contribution in [0.5, 0.6) is 0 Å². The summed E-state index contributed by atoms with van der Waals surface area (Å²) in [6.45, 7) is 2.08. The van der Waals surface area contributed by atoms with Crippen molar-refractivity contribution in [2.45, 2.75) is 44.9 Å². The van der Waals surface area contributed by atoms with Crippen molar-refractivity contribution in [3.8, 4) is 0 Å². The molecule has 1 aromatic heterocycles. The van der Waals surface area contributed by atoms with Gasteiger partial charge in [0.1, 0.15) is 0 Å². The van der Waals surface area contributed by atoms with Crippen LogP contribution in [0.3, 0.4) is 0 Å². The summed E-state index contributed by atoms with van der Waals surface area (Å²) in [6, 6.07) is 8.52. The normalized spacial score (nSPS) is 14.0. The van der Waals surface area contributed by atoms with Crippen molar-refractivity contribution in [3.05, 3.63) is 59.4 Å². The van der Waals surface area contributed by atoms with Gasteiger partial charge in [-0.25, -0.2) is 4.79 Å². The fourth-order valence-corrected chi connectivity index (χ4v) is 4.30. The molecule has 1 aliphatic rings. The second-order valence-corrected chi connectivity index (χ2v) is 8.78. The third-order valence-electron chi connectivity index (χ3n) is 6.25. The topological polar surface area (TPSA) is 115 Å². The SMILES string of the molecule is COC(=O)c1cc(N)cc(C(=O)N2CCC(CCCCNC(=O)CCc3cccnc3)CC2)c1. The summed E-state index contributed by atoms with van der Waals surface area (Å²) < 4.78 is 4.74. The zero-order chi connectivity index (χ0) is 24.3. The average molecular weight is 467 g/mol. The van der Waals surface area contributed by atoms with Gasteiger partial charge in [0.25, 0.3) is 5.91 Å². The van der Waals surface area contributed by atoms with Gasteiger partial charge in [-0.05, 0) is 61.4 Å². The molecular formula is C26H34N4O4. The summed E-state index contributed by atoms with van der Waals surface area (Å²) in [6.07, 6.45) is 9.72. The molecule has 8 nitrogen and oxygen atoms in total. The van der Waals surface area contributed by atoms with Gasteiger partial charge in [-0.3, -0.25) is 14.6 Å². The number of hydrogen-bond acceptors (Lipinski definition) is 6. The van der Waals surface area contributed by atoms with Crippen molar-refractivity contribution in [3.63, 3.8) is 0 Å². The van der Waals surface area contributed by atoms with E-state index in [1.807, 2.05) is 17.0 Å². The van der Waals surface area contributed by atoms with Gasteiger partial charge in [-0.15, -0.1) is 0 Å². The van der Waals surface area contributed by atoms with E-state index in [1.54, 1.807) is 24.5 Å². The minimum Gasteiger partial charge on any atom is -0.465 e. The van der Waals surface area contributed by atoms with Gasteiger partial charge in [0.05, 0.1) is 12.7 Å². The molecular weight excluding hydrogens is 432 g/mol. The molecule has 0 unspecified atom stereocenters. The highest BCUT2D eigenvalue weighted by atomic mass is 16.5. The number of nitrogen functional groups attached to an aromatic ring is 1. The van der Waals surface area contributed by atoms with E-state index in [4.69, 9.17) is 10.5 Å². The lowest BCUT2D eigenvalue weighted by atomic mass is 9.91. The maximum absolute atomic E-state index is 12.9. The van der Waals surface area contributed by atoms with E-state index >= 15 is 0 Å². The van der Waals surface area contributed by atoms with E-state index in [9.17, 15) is 14.4 Å². The predicted molar refractivity (Wildman–Crippen MR) is 130 cm³/mol. The van der Waals surface area contributed by atoms with E-state index in [2.05, 4.69) is 10.3 Å². The highest BCUT2D eigenvalue weighted by molar-refractivity contribution is 5.99. The lowest BCUT2D eigenvalue weighted by molar-refractivity contribution is -0.121. The highest BCUT2D eigenvalue weighted by Crippen LogP contribution is 2.24. The smallest absolute Gasteiger partial charge is 0.337 e. The Bertz CT molecular complexity index is 972. The molecule has 1 aliphatic heterocycles. The largest absolute Gasteiger partial charge is 0.465 e. The lowest BCUT2D eigenvalue weighted by Crippen LogP contribution is -2.38. The fraction of sp³-hybridized carbons (Fsp3) is 0.462. The quantitative estimate of drug-likeness (QED) is 0.316. The fourth-order valence-electron chi connectivity index (χ4n) is 4.30. The summed E-state index contributed by atoms with van der Waals surface area (Å²) in [7, 11) is 1.30. The number of piperidine rings is 1. The molecule has 1 aromatic carbocycles. The molecule has 0 saturated carbocycles. The number of unbranched alkanes of at least 4 members (excludes halogenated alkanes) is 1. The number of benzene rings is 1. The first-order valence-corrected chi connectivity index (χ1v) is 11.9. The number of nitrogens with zero attached hydrogens (tertiary/aromatic N) is 2. The Morgan fingerprint density at radius 1 is 1.15 bits per heavy atom. The van der Waals surface area contributed by atoms with Crippen LogP contribution in [-0.4, -0.2) is 54.4 Å². The van der Waals surface area contributed by atoms with Gasteiger partial charge >= 0.3 is 5.97 Å². The molecule has 2 heterocycles. The number of likely N-dealkylation sites (tertiary alicyclic amines) is 1. The van der Waals surface area contributed by atoms with Crippen LogP contribution < -0.4 is 11.1 Å². The summed E-state index contributed by atoms with van der Waals surface area (Å²) in [5.74, 6) is 0.0408. The molecule has 1 saturated heterocycles. The van der Waals surface area contributed by atoms with Crippen molar-refractivity contribution in [1.82, 2.24) is 15.2 Å². The number of carbonyl (C=O) groups is 3. The molecule has 0 aliphatic carbocycles. The Morgan fingerprint density at radius 2 is 1.91 bits per heavy atom. The van der Waals surface area contributed by atoms with Gasteiger partial charge in [0.15, 0.2) is 0 Å². The predicted octanol–water partition coefficient (Wildman–Crippen LogP) is 3.22. The summed E-state index contributed by atoms with van der Waals surface area (Å²) in [4.78, 5) is 42.6. The number of aromatic nitrogens is 1. The van der Waals surface area contributed by atoms with Gasteiger partial charge in [-0.1, -0.05) is 18.9 Å². The second kappa shape index (κ2) is 12.7. The maximum Gasteiger partial charge on any atom is 0.337 e. The standard InChI is InChI=1S/C26H34N4O4/c1-34-26(33)22-15-21(16-23(27)17-22)25(32)30-13-9-19(10-14-30)5-2-3-12-29-24(31)8-7-20-6-4-11-28-18-20/h4,6,11,15-19H,2-3,5,7-10,12-14,27H2,1H3,(H,29,31). The molecule has 2 aromatic rings. The molecule has 34 heavy (non-hydrogen) atoms. The third kappa shape index (κ3) is 7.57.